The van der Waals surface area contributed by atoms with Gasteiger partial charge in [-0.2, -0.15) is 0 Å². The molecule has 0 saturated carbocycles. The number of benzene rings is 1. The van der Waals surface area contributed by atoms with E-state index in [1.807, 2.05) is 12.1 Å². The van der Waals surface area contributed by atoms with E-state index >= 15 is 0 Å². The summed E-state index contributed by atoms with van der Waals surface area (Å²) in [5, 5.41) is 3.13. The Morgan fingerprint density at radius 3 is 2.61 bits per heavy atom. The van der Waals surface area contributed by atoms with Gasteiger partial charge in [-0.25, -0.2) is 0 Å². The van der Waals surface area contributed by atoms with Crippen molar-refractivity contribution in [2.24, 2.45) is 0 Å². The van der Waals surface area contributed by atoms with Gasteiger partial charge in [-0.3, -0.25) is 14.4 Å². The largest absolute Gasteiger partial charge is 0.465 e. The number of carbonyl (C=O) groups is 3. The molecule has 2 aromatic heterocycles. The highest BCUT2D eigenvalue weighted by atomic mass is 35.5. The summed E-state index contributed by atoms with van der Waals surface area (Å²) in [7, 11) is 0. The summed E-state index contributed by atoms with van der Waals surface area (Å²) in [6, 6.07) is 14.2. The van der Waals surface area contributed by atoms with Crippen molar-refractivity contribution in [3.05, 3.63) is 71.1 Å². The number of nitrogens with zero attached hydrogens (tertiary/aromatic N) is 2. The van der Waals surface area contributed by atoms with Crippen molar-refractivity contribution in [3.8, 4) is 11.5 Å². The highest BCUT2D eigenvalue weighted by Gasteiger charge is 2.48. The average Bonchev–Trinajstić information content (AvgIpc) is 3.46. The second-order valence-corrected chi connectivity index (χ2v) is 8.32. The van der Waals surface area contributed by atoms with Crippen molar-refractivity contribution < 1.29 is 23.5 Å². The summed E-state index contributed by atoms with van der Waals surface area (Å²) in [6.45, 7) is 3.58. The summed E-state index contributed by atoms with van der Waals surface area (Å²) >= 11 is 6.36. The monoisotopic (exact) mass is 469 g/mol. The number of nitrogens with one attached hydrogen (secondary N) is 1. The number of hydrogen-bond donors (Lipinski definition) is 1. The average molecular weight is 470 g/mol. The van der Waals surface area contributed by atoms with Crippen molar-refractivity contribution in [1.29, 1.82) is 0 Å². The van der Waals surface area contributed by atoms with Crippen molar-refractivity contribution >= 4 is 29.4 Å². The van der Waals surface area contributed by atoms with Crippen LogP contribution in [0.4, 0.5) is 0 Å². The van der Waals surface area contributed by atoms with Crippen LogP contribution in [-0.2, 0) is 27.4 Å². The molecule has 1 aliphatic heterocycles. The topological polar surface area (TPSA) is 93.8 Å². The van der Waals surface area contributed by atoms with Gasteiger partial charge < -0.3 is 23.9 Å². The standard InChI is InChI=1S/C24H24ClN3O5/c1-3-32-21(29)13-26-23(31)24(2)15-27-18(20-9-6-12-33-20)10-11-19(27)22(30)28(24)14-16-7-4-5-8-17(16)25/h4-12H,3,13-15H2,1-2H3,(H,26,31)/t24-/m0/s1. The lowest BCUT2D eigenvalue weighted by atomic mass is 9.93. The minimum absolute atomic E-state index is 0.128. The molecule has 0 aliphatic carbocycles. The second-order valence-electron chi connectivity index (χ2n) is 7.91. The van der Waals surface area contributed by atoms with Crippen molar-refractivity contribution in [2.45, 2.75) is 32.5 Å². The van der Waals surface area contributed by atoms with E-state index in [4.69, 9.17) is 20.8 Å². The van der Waals surface area contributed by atoms with Gasteiger partial charge in [-0.15, -0.1) is 0 Å². The Balaban J connectivity index is 1.73. The van der Waals surface area contributed by atoms with Gasteiger partial charge in [-0.1, -0.05) is 29.8 Å². The van der Waals surface area contributed by atoms with Gasteiger partial charge in [0.15, 0.2) is 0 Å². The van der Waals surface area contributed by atoms with Crippen molar-refractivity contribution in [3.63, 3.8) is 0 Å². The molecule has 8 nitrogen and oxygen atoms in total. The maximum Gasteiger partial charge on any atom is 0.325 e. The molecule has 1 aromatic carbocycles. The first-order valence-electron chi connectivity index (χ1n) is 10.6. The molecule has 0 unspecified atom stereocenters. The molecule has 3 aromatic rings. The zero-order valence-electron chi connectivity index (χ0n) is 18.3. The summed E-state index contributed by atoms with van der Waals surface area (Å²) in [5.74, 6) is -0.761. The molecule has 0 radical (unpaired) electrons. The lowest BCUT2D eigenvalue weighted by Gasteiger charge is -2.44. The normalized spacial score (nSPS) is 17.5. The van der Waals surface area contributed by atoms with Gasteiger partial charge in [0.05, 0.1) is 25.1 Å². The maximum atomic E-state index is 13.6. The molecule has 2 amide bonds. The van der Waals surface area contributed by atoms with Crippen molar-refractivity contribution in [1.82, 2.24) is 14.8 Å². The van der Waals surface area contributed by atoms with Crippen LogP contribution in [0.1, 0.15) is 29.9 Å². The lowest BCUT2D eigenvalue weighted by Crippen LogP contribution is -2.64. The zero-order valence-corrected chi connectivity index (χ0v) is 19.1. The predicted octanol–water partition coefficient (Wildman–Crippen LogP) is 3.50. The van der Waals surface area contributed by atoms with E-state index in [1.165, 1.54) is 4.90 Å². The molecular formula is C24H24ClN3O5. The van der Waals surface area contributed by atoms with E-state index in [9.17, 15) is 14.4 Å². The van der Waals surface area contributed by atoms with E-state index < -0.39 is 17.4 Å². The quantitative estimate of drug-likeness (QED) is 0.534. The first-order chi connectivity index (χ1) is 15.8. The number of esters is 1. The van der Waals surface area contributed by atoms with Crippen LogP contribution in [0.25, 0.3) is 11.5 Å². The number of furan rings is 1. The molecule has 1 aliphatic rings. The van der Waals surface area contributed by atoms with Crippen molar-refractivity contribution in [2.75, 3.05) is 13.2 Å². The van der Waals surface area contributed by atoms with Gasteiger partial charge in [0, 0.05) is 11.6 Å². The summed E-state index contributed by atoms with van der Waals surface area (Å²) in [5.41, 5.74) is 0.522. The van der Waals surface area contributed by atoms with Gasteiger partial charge >= 0.3 is 5.97 Å². The highest BCUT2D eigenvalue weighted by Crippen LogP contribution is 2.35. The number of fused-ring (bicyclic) bond motifs is 1. The Hall–Kier alpha value is -3.52. The Kier molecular flexibility index (Phi) is 6.29. The van der Waals surface area contributed by atoms with E-state index in [-0.39, 0.29) is 32.1 Å². The van der Waals surface area contributed by atoms with E-state index in [0.29, 0.717) is 27.7 Å². The summed E-state index contributed by atoms with van der Waals surface area (Å²) < 4.78 is 12.2. The first-order valence-corrected chi connectivity index (χ1v) is 11.0. The fourth-order valence-electron chi connectivity index (χ4n) is 4.01. The second kappa shape index (κ2) is 9.15. The van der Waals surface area contributed by atoms with Gasteiger partial charge in [0.25, 0.3) is 5.91 Å². The molecule has 172 valence electrons. The maximum absolute atomic E-state index is 13.6. The van der Waals surface area contributed by atoms with Crippen LogP contribution in [0.15, 0.2) is 59.2 Å². The van der Waals surface area contributed by atoms with E-state index in [0.717, 1.165) is 0 Å². The third-order valence-electron chi connectivity index (χ3n) is 5.75. The van der Waals surface area contributed by atoms with Crippen LogP contribution in [0.5, 0.6) is 0 Å². The van der Waals surface area contributed by atoms with Gasteiger partial charge in [0.1, 0.15) is 23.5 Å². The third kappa shape index (κ3) is 4.26. The smallest absolute Gasteiger partial charge is 0.325 e. The van der Waals surface area contributed by atoms with E-state index in [1.54, 1.807) is 61.1 Å². The van der Waals surface area contributed by atoms with Crippen LogP contribution < -0.4 is 5.32 Å². The molecule has 4 rings (SSSR count). The number of aromatic nitrogens is 1. The molecule has 1 atom stereocenters. The molecule has 0 spiro atoms. The Morgan fingerprint density at radius 1 is 1.15 bits per heavy atom. The van der Waals surface area contributed by atoms with Crippen LogP contribution in [0.2, 0.25) is 5.02 Å². The van der Waals surface area contributed by atoms with E-state index in [2.05, 4.69) is 5.32 Å². The lowest BCUT2D eigenvalue weighted by molar-refractivity contribution is -0.145. The van der Waals surface area contributed by atoms with Crippen LogP contribution in [0.3, 0.4) is 0 Å². The van der Waals surface area contributed by atoms with Crippen LogP contribution in [0, 0.1) is 0 Å². The summed E-state index contributed by atoms with van der Waals surface area (Å²) in [6.07, 6.45) is 1.55. The third-order valence-corrected chi connectivity index (χ3v) is 6.12. The summed E-state index contributed by atoms with van der Waals surface area (Å²) in [4.78, 5) is 40.4. The van der Waals surface area contributed by atoms with Gasteiger partial charge in [0.2, 0.25) is 5.91 Å². The Morgan fingerprint density at radius 2 is 1.91 bits per heavy atom. The zero-order chi connectivity index (χ0) is 23.6. The molecule has 0 saturated heterocycles. The SMILES string of the molecule is CCOC(=O)CNC(=O)[C@]1(C)Cn2c(ccc2-c2ccco2)C(=O)N1Cc1ccccc1Cl. The number of ether oxygens (including phenoxy) is 1. The molecule has 9 heteroatoms. The molecular weight excluding hydrogens is 446 g/mol. The number of carbonyl (C=O) groups excluding carboxylic acids is 3. The fraction of sp³-hybridized carbons (Fsp3) is 0.292. The fourth-order valence-corrected chi connectivity index (χ4v) is 4.21. The first kappa shape index (κ1) is 22.7. The molecule has 3 heterocycles. The highest BCUT2D eigenvalue weighted by molar-refractivity contribution is 6.31. The minimum atomic E-state index is -1.31. The molecule has 0 fully saturated rings. The number of hydrogen-bond acceptors (Lipinski definition) is 5. The van der Waals surface area contributed by atoms with Gasteiger partial charge in [-0.05, 0) is 49.7 Å². The minimum Gasteiger partial charge on any atom is -0.465 e. The number of halogens is 1. The van der Waals surface area contributed by atoms with Crippen LogP contribution in [-0.4, -0.2) is 45.9 Å². The number of amides is 2. The predicted molar refractivity (Wildman–Crippen MR) is 122 cm³/mol. The van der Waals surface area contributed by atoms with Crippen LogP contribution >= 0.6 is 11.6 Å². The Bertz CT molecular complexity index is 1190. The molecule has 0 bridgehead atoms. The molecule has 1 N–H and O–H groups in total. The molecule has 33 heavy (non-hydrogen) atoms. The number of rotatable bonds is 7. The Labute approximate surface area is 196 Å².